The van der Waals surface area contributed by atoms with E-state index in [-0.39, 0.29) is 0 Å². The number of nitrogens with one attached hydrogen (secondary N) is 1. The van der Waals surface area contributed by atoms with Crippen molar-refractivity contribution in [2.45, 2.75) is 39.2 Å². The summed E-state index contributed by atoms with van der Waals surface area (Å²) in [6, 6.07) is 6.78. The highest BCUT2D eigenvalue weighted by molar-refractivity contribution is 9.10. The first-order valence-corrected chi connectivity index (χ1v) is 9.17. The normalized spacial score (nSPS) is 27.3. The lowest BCUT2D eigenvalue weighted by atomic mass is 9.88. The summed E-state index contributed by atoms with van der Waals surface area (Å²) >= 11 is 3.76. The molecule has 0 aromatic heterocycles. The Labute approximate surface area is 137 Å². The Hall–Kier alpha value is -0.540. The average molecular weight is 351 g/mol. The zero-order valence-electron chi connectivity index (χ0n) is 13.2. The molecule has 2 bridgehead atoms. The van der Waals surface area contributed by atoms with Crippen LogP contribution in [0.15, 0.2) is 22.7 Å². The maximum atomic E-state index is 3.76. The Kier molecular flexibility index (Phi) is 4.90. The predicted octanol–water partition coefficient (Wildman–Crippen LogP) is 4.43. The van der Waals surface area contributed by atoms with Gasteiger partial charge in [-0.3, -0.25) is 0 Å². The molecule has 1 aromatic carbocycles. The third kappa shape index (κ3) is 3.45. The molecule has 116 valence electrons. The van der Waals surface area contributed by atoms with Crippen LogP contribution in [0.4, 0.5) is 5.69 Å². The van der Waals surface area contributed by atoms with Crippen molar-refractivity contribution in [1.82, 2.24) is 5.32 Å². The second-order valence-corrected chi connectivity index (χ2v) is 7.74. The summed E-state index contributed by atoms with van der Waals surface area (Å²) in [4.78, 5) is 2.45. The molecule has 0 spiro atoms. The van der Waals surface area contributed by atoms with E-state index in [0.717, 1.165) is 30.8 Å². The molecule has 0 amide bonds. The molecule has 3 heteroatoms. The Morgan fingerprint density at radius 1 is 1.29 bits per heavy atom. The van der Waals surface area contributed by atoms with Crippen LogP contribution in [0.25, 0.3) is 0 Å². The zero-order valence-corrected chi connectivity index (χ0v) is 14.8. The highest BCUT2D eigenvalue weighted by Gasteiger charge is 2.39. The SMILES string of the molecule is CCNCc1ccc(N(C)CC2CC3CCC2C3)c(Br)c1. The Balaban J connectivity index is 1.62. The first kappa shape index (κ1) is 15.4. The Bertz CT molecular complexity index is 488. The van der Waals surface area contributed by atoms with E-state index in [2.05, 4.69) is 58.3 Å². The number of benzene rings is 1. The van der Waals surface area contributed by atoms with Crippen LogP contribution < -0.4 is 10.2 Å². The van der Waals surface area contributed by atoms with Crippen molar-refractivity contribution < 1.29 is 0 Å². The summed E-state index contributed by atoms with van der Waals surface area (Å²) in [5.41, 5.74) is 2.68. The molecule has 0 heterocycles. The highest BCUT2D eigenvalue weighted by Crippen LogP contribution is 2.48. The number of halogens is 1. The quantitative estimate of drug-likeness (QED) is 0.816. The van der Waals surface area contributed by atoms with Gasteiger partial charge in [-0.15, -0.1) is 0 Å². The van der Waals surface area contributed by atoms with Gasteiger partial charge in [-0.05, 0) is 77.2 Å². The van der Waals surface area contributed by atoms with Crippen LogP contribution in [0.2, 0.25) is 0 Å². The van der Waals surface area contributed by atoms with Gasteiger partial charge in [0.2, 0.25) is 0 Å². The topological polar surface area (TPSA) is 15.3 Å². The largest absolute Gasteiger partial charge is 0.373 e. The lowest BCUT2D eigenvalue weighted by Gasteiger charge is -2.29. The molecule has 0 saturated heterocycles. The average Bonchev–Trinajstić information content (AvgIpc) is 3.07. The molecule has 2 aliphatic rings. The molecule has 2 aliphatic carbocycles. The molecule has 2 fully saturated rings. The summed E-state index contributed by atoms with van der Waals surface area (Å²) in [5.74, 6) is 2.96. The fourth-order valence-electron chi connectivity index (χ4n) is 4.29. The molecular formula is C18H27BrN2. The zero-order chi connectivity index (χ0) is 14.8. The van der Waals surface area contributed by atoms with Crippen molar-refractivity contribution in [3.05, 3.63) is 28.2 Å². The van der Waals surface area contributed by atoms with Crippen molar-refractivity contribution in [3.63, 3.8) is 0 Å². The van der Waals surface area contributed by atoms with Crippen molar-refractivity contribution in [1.29, 1.82) is 0 Å². The molecular weight excluding hydrogens is 324 g/mol. The van der Waals surface area contributed by atoms with Gasteiger partial charge in [-0.2, -0.15) is 0 Å². The van der Waals surface area contributed by atoms with Crippen molar-refractivity contribution >= 4 is 21.6 Å². The smallest absolute Gasteiger partial charge is 0.0508 e. The lowest BCUT2D eigenvalue weighted by molar-refractivity contribution is 0.337. The Morgan fingerprint density at radius 2 is 2.14 bits per heavy atom. The van der Waals surface area contributed by atoms with E-state index in [0.29, 0.717) is 0 Å². The van der Waals surface area contributed by atoms with Gasteiger partial charge in [-0.25, -0.2) is 0 Å². The minimum atomic E-state index is 0.919. The third-order valence-electron chi connectivity index (χ3n) is 5.40. The van der Waals surface area contributed by atoms with E-state index >= 15 is 0 Å². The monoisotopic (exact) mass is 350 g/mol. The van der Waals surface area contributed by atoms with Gasteiger partial charge in [0.15, 0.2) is 0 Å². The van der Waals surface area contributed by atoms with Gasteiger partial charge in [0.1, 0.15) is 0 Å². The van der Waals surface area contributed by atoms with E-state index in [4.69, 9.17) is 0 Å². The standard InChI is InChI=1S/C18H27BrN2/c1-3-20-11-14-5-7-18(17(19)10-14)21(2)12-16-9-13-4-6-15(16)8-13/h5,7,10,13,15-16,20H,3-4,6,8-9,11-12H2,1-2H3. The molecule has 2 saturated carbocycles. The molecule has 0 aliphatic heterocycles. The summed E-state index contributed by atoms with van der Waals surface area (Å²) < 4.78 is 1.23. The van der Waals surface area contributed by atoms with Gasteiger partial charge in [-0.1, -0.05) is 19.4 Å². The van der Waals surface area contributed by atoms with Crippen LogP contribution in [0, 0.1) is 17.8 Å². The number of anilines is 1. The number of hydrogen-bond acceptors (Lipinski definition) is 2. The van der Waals surface area contributed by atoms with Crippen molar-refractivity contribution in [2.75, 3.05) is 25.0 Å². The molecule has 3 unspecified atom stereocenters. The number of fused-ring (bicyclic) bond motifs is 2. The highest BCUT2D eigenvalue weighted by atomic mass is 79.9. The summed E-state index contributed by atoms with van der Waals surface area (Å²) in [6.07, 6.45) is 5.94. The number of hydrogen-bond donors (Lipinski definition) is 1. The van der Waals surface area contributed by atoms with E-state index in [1.807, 2.05) is 0 Å². The van der Waals surface area contributed by atoms with Crippen LogP contribution in [-0.4, -0.2) is 20.1 Å². The molecule has 0 radical (unpaired) electrons. The minimum absolute atomic E-state index is 0.919. The number of rotatable bonds is 6. The molecule has 3 rings (SSSR count). The minimum Gasteiger partial charge on any atom is -0.373 e. The molecule has 2 nitrogen and oxygen atoms in total. The van der Waals surface area contributed by atoms with Gasteiger partial charge in [0, 0.05) is 24.6 Å². The molecule has 21 heavy (non-hydrogen) atoms. The van der Waals surface area contributed by atoms with E-state index < -0.39 is 0 Å². The van der Waals surface area contributed by atoms with Crippen LogP contribution in [0.3, 0.4) is 0 Å². The van der Waals surface area contributed by atoms with E-state index in [1.54, 1.807) is 0 Å². The first-order chi connectivity index (χ1) is 10.2. The first-order valence-electron chi connectivity index (χ1n) is 8.37. The van der Waals surface area contributed by atoms with Crippen LogP contribution in [-0.2, 0) is 6.54 Å². The molecule has 3 atom stereocenters. The Morgan fingerprint density at radius 3 is 2.76 bits per heavy atom. The summed E-state index contributed by atoms with van der Waals surface area (Å²) in [6.45, 7) is 5.33. The van der Waals surface area contributed by atoms with Crippen molar-refractivity contribution in [2.24, 2.45) is 17.8 Å². The van der Waals surface area contributed by atoms with Crippen LogP contribution >= 0.6 is 15.9 Å². The van der Waals surface area contributed by atoms with Gasteiger partial charge >= 0.3 is 0 Å². The molecule has 1 aromatic rings. The fraction of sp³-hybridized carbons (Fsp3) is 0.667. The van der Waals surface area contributed by atoms with Gasteiger partial charge < -0.3 is 10.2 Å². The summed E-state index contributed by atoms with van der Waals surface area (Å²) in [5, 5.41) is 3.38. The van der Waals surface area contributed by atoms with Crippen LogP contribution in [0.5, 0.6) is 0 Å². The summed E-state index contributed by atoms with van der Waals surface area (Å²) in [7, 11) is 2.25. The van der Waals surface area contributed by atoms with Gasteiger partial charge in [0.25, 0.3) is 0 Å². The fourth-order valence-corrected chi connectivity index (χ4v) is 5.02. The predicted molar refractivity (Wildman–Crippen MR) is 93.7 cm³/mol. The van der Waals surface area contributed by atoms with E-state index in [9.17, 15) is 0 Å². The maximum Gasteiger partial charge on any atom is 0.0508 e. The maximum absolute atomic E-state index is 3.76. The second kappa shape index (κ2) is 6.70. The van der Waals surface area contributed by atoms with Crippen molar-refractivity contribution in [3.8, 4) is 0 Å². The second-order valence-electron chi connectivity index (χ2n) is 6.88. The van der Waals surface area contributed by atoms with Gasteiger partial charge in [0.05, 0.1) is 5.69 Å². The number of nitrogens with zero attached hydrogens (tertiary/aromatic N) is 1. The molecule has 1 N–H and O–H groups in total. The van der Waals surface area contributed by atoms with Crippen LogP contribution in [0.1, 0.15) is 38.2 Å². The lowest BCUT2D eigenvalue weighted by Crippen LogP contribution is -2.28. The van der Waals surface area contributed by atoms with E-state index in [1.165, 1.54) is 48.0 Å². The third-order valence-corrected chi connectivity index (χ3v) is 6.03.